The Labute approximate surface area is 112 Å². The van der Waals surface area contributed by atoms with Crippen molar-refractivity contribution in [1.29, 1.82) is 0 Å². The Morgan fingerprint density at radius 2 is 1.94 bits per heavy atom. The van der Waals surface area contributed by atoms with Crippen molar-refractivity contribution in [3.63, 3.8) is 0 Å². The van der Waals surface area contributed by atoms with E-state index in [1.807, 2.05) is 6.92 Å². The first-order valence-corrected chi connectivity index (χ1v) is 8.71. The van der Waals surface area contributed by atoms with Gasteiger partial charge >= 0.3 is 0 Å². The molecule has 0 spiro atoms. The molecule has 1 saturated heterocycles. The molecule has 0 aromatic heterocycles. The summed E-state index contributed by atoms with van der Waals surface area (Å²) in [6, 6.07) is 0.180. The fourth-order valence-electron chi connectivity index (χ4n) is 2.27. The van der Waals surface area contributed by atoms with Crippen molar-refractivity contribution < 1.29 is 8.42 Å². The van der Waals surface area contributed by atoms with E-state index in [-0.39, 0.29) is 11.6 Å². The second-order valence-electron chi connectivity index (χ2n) is 6.38. The van der Waals surface area contributed by atoms with Crippen molar-refractivity contribution in [3.8, 4) is 0 Å². The largest absolute Gasteiger partial charge is 0.312 e. The molecule has 1 heterocycles. The average molecular weight is 276 g/mol. The number of nitrogens with one attached hydrogen (secondary N) is 1. The first kappa shape index (κ1) is 15.9. The summed E-state index contributed by atoms with van der Waals surface area (Å²) in [6.07, 6.45) is 2.28. The van der Waals surface area contributed by atoms with Crippen LogP contribution in [0.15, 0.2) is 0 Å². The normalized spacial score (nSPS) is 25.2. The highest BCUT2D eigenvalue weighted by atomic mass is 32.2. The van der Waals surface area contributed by atoms with Gasteiger partial charge in [0, 0.05) is 18.1 Å². The first-order chi connectivity index (χ1) is 8.20. The molecule has 18 heavy (non-hydrogen) atoms. The van der Waals surface area contributed by atoms with Gasteiger partial charge in [-0.15, -0.1) is 0 Å². The zero-order valence-corrected chi connectivity index (χ0v) is 13.0. The molecule has 108 valence electrons. The van der Waals surface area contributed by atoms with E-state index in [0.29, 0.717) is 18.1 Å². The summed E-state index contributed by atoms with van der Waals surface area (Å²) in [7, 11) is -2.77. The van der Waals surface area contributed by atoms with Crippen molar-refractivity contribution in [2.75, 3.05) is 31.1 Å². The van der Waals surface area contributed by atoms with Gasteiger partial charge in [-0.1, -0.05) is 0 Å². The number of hydrogen-bond acceptors (Lipinski definition) is 4. The summed E-state index contributed by atoms with van der Waals surface area (Å²) >= 11 is 0. The summed E-state index contributed by atoms with van der Waals surface area (Å²) in [6.45, 7) is 11.3. The lowest BCUT2D eigenvalue weighted by atomic mass is 10.1. The lowest BCUT2D eigenvalue weighted by molar-refractivity contribution is 0.221. The highest BCUT2D eigenvalue weighted by molar-refractivity contribution is 7.91. The third kappa shape index (κ3) is 6.16. The minimum atomic E-state index is -2.77. The highest BCUT2D eigenvalue weighted by Gasteiger charge is 2.27. The minimum Gasteiger partial charge on any atom is -0.312 e. The Kier molecular flexibility index (Phi) is 5.62. The molecule has 5 heteroatoms. The topological polar surface area (TPSA) is 49.4 Å². The van der Waals surface area contributed by atoms with Crippen LogP contribution in [0.4, 0.5) is 0 Å². The molecule has 1 aliphatic heterocycles. The van der Waals surface area contributed by atoms with Gasteiger partial charge in [0.05, 0.1) is 11.5 Å². The van der Waals surface area contributed by atoms with Gasteiger partial charge < -0.3 is 5.32 Å². The van der Waals surface area contributed by atoms with E-state index < -0.39 is 9.84 Å². The van der Waals surface area contributed by atoms with E-state index in [1.54, 1.807) is 0 Å². The average Bonchev–Trinajstić information content (AvgIpc) is 2.18. The second kappa shape index (κ2) is 6.35. The Morgan fingerprint density at radius 1 is 1.28 bits per heavy atom. The molecule has 1 atom stereocenters. The number of unbranched alkanes of at least 4 members (excludes halogenated alkanes) is 1. The highest BCUT2D eigenvalue weighted by Crippen LogP contribution is 2.12. The van der Waals surface area contributed by atoms with E-state index >= 15 is 0 Å². The molecule has 1 N–H and O–H groups in total. The molecule has 0 aliphatic carbocycles. The fourth-order valence-corrected chi connectivity index (χ4v) is 3.89. The zero-order valence-electron chi connectivity index (χ0n) is 12.2. The van der Waals surface area contributed by atoms with Crippen molar-refractivity contribution in [1.82, 2.24) is 10.2 Å². The van der Waals surface area contributed by atoms with E-state index in [1.165, 1.54) is 0 Å². The van der Waals surface area contributed by atoms with Crippen LogP contribution < -0.4 is 5.32 Å². The van der Waals surface area contributed by atoms with Crippen LogP contribution in [0.2, 0.25) is 0 Å². The predicted octanol–water partition coefficient (Wildman–Crippen LogP) is 1.27. The third-order valence-electron chi connectivity index (χ3n) is 3.34. The smallest absolute Gasteiger partial charge is 0.153 e. The van der Waals surface area contributed by atoms with E-state index in [4.69, 9.17) is 0 Å². The quantitative estimate of drug-likeness (QED) is 0.768. The van der Waals surface area contributed by atoms with Crippen molar-refractivity contribution in [2.24, 2.45) is 0 Å². The zero-order chi connectivity index (χ0) is 13.8. The third-order valence-corrected chi connectivity index (χ3v) is 5.13. The fraction of sp³-hybridized carbons (Fsp3) is 1.00. The summed E-state index contributed by atoms with van der Waals surface area (Å²) in [4.78, 5) is 2.30. The van der Waals surface area contributed by atoms with Gasteiger partial charge in [0.25, 0.3) is 0 Å². The Morgan fingerprint density at radius 3 is 2.50 bits per heavy atom. The van der Waals surface area contributed by atoms with E-state index in [2.05, 4.69) is 31.0 Å². The van der Waals surface area contributed by atoms with Crippen LogP contribution in [-0.4, -0.2) is 56.0 Å². The number of rotatable bonds is 5. The molecule has 1 unspecified atom stereocenters. The maximum atomic E-state index is 11.5. The molecule has 1 rings (SSSR count). The lowest BCUT2D eigenvalue weighted by Gasteiger charge is -2.33. The van der Waals surface area contributed by atoms with Crippen molar-refractivity contribution in [2.45, 2.75) is 52.1 Å². The van der Waals surface area contributed by atoms with Gasteiger partial charge in [-0.2, -0.15) is 0 Å². The van der Waals surface area contributed by atoms with Crippen molar-refractivity contribution in [3.05, 3.63) is 0 Å². The Balaban J connectivity index is 2.17. The molecule has 0 aromatic carbocycles. The van der Waals surface area contributed by atoms with Gasteiger partial charge in [-0.25, -0.2) is 8.42 Å². The van der Waals surface area contributed by atoms with Crippen LogP contribution in [0.3, 0.4) is 0 Å². The monoisotopic (exact) mass is 276 g/mol. The molecule has 1 fully saturated rings. The van der Waals surface area contributed by atoms with Gasteiger partial charge in [0.1, 0.15) is 0 Å². The van der Waals surface area contributed by atoms with Gasteiger partial charge in [-0.3, -0.25) is 4.90 Å². The summed E-state index contributed by atoms with van der Waals surface area (Å²) < 4.78 is 22.9. The van der Waals surface area contributed by atoms with Gasteiger partial charge in [-0.05, 0) is 53.6 Å². The second-order valence-corrected chi connectivity index (χ2v) is 8.61. The van der Waals surface area contributed by atoms with Crippen LogP contribution in [0, 0.1) is 0 Å². The van der Waals surface area contributed by atoms with Crippen LogP contribution in [0.1, 0.15) is 40.5 Å². The SMILES string of the molecule is CC1CS(=O)(=O)CCN1CCCCNC(C)(C)C. The van der Waals surface area contributed by atoms with E-state index in [0.717, 1.165) is 25.9 Å². The summed E-state index contributed by atoms with van der Waals surface area (Å²) in [5.41, 5.74) is 0.187. The molecule has 1 aliphatic rings. The molecular weight excluding hydrogens is 248 g/mol. The van der Waals surface area contributed by atoms with Crippen LogP contribution in [-0.2, 0) is 9.84 Å². The lowest BCUT2D eigenvalue weighted by Crippen LogP contribution is -2.47. The molecular formula is C13H28N2O2S. The summed E-state index contributed by atoms with van der Waals surface area (Å²) in [5, 5.41) is 3.47. The molecule has 0 saturated carbocycles. The standard InChI is InChI=1S/C13H28N2O2S/c1-12-11-18(16,17)10-9-15(12)8-6-5-7-14-13(2,3)4/h12,14H,5-11H2,1-4H3. The van der Waals surface area contributed by atoms with Crippen LogP contribution in [0.5, 0.6) is 0 Å². The molecule has 0 bridgehead atoms. The molecule has 0 amide bonds. The van der Waals surface area contributed by atoms with Crippen LogP contribution >= 0.6 is 0 Å². The van der Waals surface area contributed by atoms with E-state index in [9.17, 15) is 8.42 Å². The molecule has 0 aromatic rings. The number of hydrogen-bond donors (Lipinski definition) is 1. The first-order valence-electron chi connectivity index (χ1n) is 6.89. The number of nitrogens with zero attached hydrogens (tertiary/aromatic N) is 1. The number of sulfone groups is 1. The minimum absolute atomic E-state index is 0.180. The molecule has 4 nitrogen and oxygen atoms in total. The summed E-state index contributed by atoms with van der Waals surface area (Å²) in [5.74, 6) is 0.658. The van der Waals surface area contributed by atoms with Crippen LogP contribution in [0.25, 0.3) is 0 Å². The maximum absolute atomic E-state index is 11.5. The Bertz CT molecular complexity index is 346. The maximum Gasteiger partial charge on any atom is 0.153 e. The van der Waals surface area contributed by atoms with Gasteiger partial charge in [0.15, 0.2) is 9.84 Å². The van der Waals surface area contributed by atoms with Gasteiger partial charge in [0.2, 0.25) is 0 Å². The molecule has 0 radical (unpaired) electrons. The van der Waals surface area contributed by atoms with Crippen molar-refractivity contribution >= 4 is 9.84 Å². The Hall–Kier alpha value is -0.130. The predicted molar refractivity (Wildman–Crippen MR) is 76.7 cm³/mol.